The quantitative estimate of drug-likeness (QED) is 0.135. The molecule has 9 nitrogen and oxygen atoms in total. The molecule has 1 atom stereocenters. The van der Waals surface area contributed by atoms with Crippen LogP contribution in [0.25, 0.3) is 33.3 Å². The van der Waals surface area contributed by atoms with Gasteiger partial charge in [0.15, 0.2) is 5.82 Å². The standard InChI is InChI=1S/C37H37N5O4/c1-37(2,3)46-36(43)40-29(18-25-10-6-4-7-11-25)24-45-30-20-31(34(38-22-30)28-16-17-44-23-28)27-14-15-33-32(19-27)35(42-41-33)39-21-26-12-8-5-9-13-26/h4-17,19-20,22-23,29H,18,21,24H2,1-3H3,(H,40,43)(H2,39,41,42)/t29-/m0/s1. The highest BCUT2D eigenvalue weighted by Gasteiger charge is 2.21. The van der Waals surface area contributed by atoms with Crippen LogP contribution in [-0.2, 0) is 17.7 Å². The predicted octanol–water partition coefficient (Wildman–Crippen LogP) is 8.01. The minimum atomic E-state index is -0.614. The third-order valence-corrected chi connectivity index (χ3v) is 7.33. The predicted molar refractivity (Wildman–Crippen MR) is 180 cm³/mol. The molecule has 0 saturated heterocycles. The Morgan fingerprint density at radius 1 is 0.935 bits per heavy atom. The number of ether oxygens (including phenoxy) is 2. The Bertz CT molecular complexity index is 1880. The lowest BCUT2D eigenvalue weighted by atomic mass is 9.99. The van der Waals surface area contributed by atoms with Gasteiger partial charge < -0.3 is 24.5 Å². The third-order valence-electron chi connectivity index (χ3n) is 7.33. The SMILES string of the molecule is CC(C)(C)OC(=O)N[C@H](COc1cnc(-c2ccoc2)c(-c2ccc3[nH]nc(NCc4ccccc4)c3c2)c1)Cc1ccccc1. The molecule has 0 aliphatic heterocycles. The maximum atomic E-state index is 12.7. The van der Waals surface area contributed by atoms with Crippen LogP contribution in [0.5, 0.6) is 5.75 Å². The van der Waals surface area contributed by atoms with Gasteiger partial charge in [0.25, 0.3) is 0 Å². The highest BCUT2D eigenvalue weighted by molar-refractivity contribution is 5.95. The van der Waals surface area contributed by atoms with Gasteiger partial charge in [-0.15, -0.1) is 0 Å². The Morgan fingerprint density at radius 3 is 2.41 bits per heavy atom. The van der Waals surface area contributed by atoms with Gasteiger partial charge in [0.1, 0.15) is 18.0 Å². The fraction of sp³-hybridized carbons (Fsp3) is 0.216. The van der Waals surface area contributed by atoms with E-state index in [4.69, 9.17) is 18.9 Å². The molecule has 9 heteroatoms. The topological polar surface area (TPSA) is 114 Å². The molecule has 3 N–H and O–H groups in total. The molecule has 0 aliphatic rings. The van der Waals surface area contributed by atoms with Crippen molar-refractivity contribution in [2.75, 3.05) is 11.9 Å². The van der Waals surface area contributed by atoms with E-state index in [0.717, 1.165) is 50.2 Å². The van der Waals surface area contributed by atoms with Gasteiger partial charge in [-0.2, -0.15) is 5.10 Å². The van der Waals surface area contributed by atoms with Crippen LogP contribution in [0.15, 0.2) is 114 Å². The molecule has 6 aromatic rings. The number of aromatic amines is 1. The lowest BCUT2D eigenvalue weighted by molar-refractivity contribution is 0.0487. The zero-order valence-corrected chi connectivity index (χ0v) is 26.1. The van der Waals surface area contributed by atoms with Crippen molar-refractivity contribution in [3.8, 4) is 28.1 Å². The summed E-state index contributed by atoms with van der Waals surface area (Å²) < 4.78 is 17.2. The number of amides is 1. The number of hydrogen-bond acceptors (Lipinski definition) is 7. The van der Waals surface area contributed by atoms with Crippen LogP contribution in [0, 0.1) is 0 Å². The summed E-state index contributed by atoms with van der Waals surface area (Å²) in [5, 5.41) is 15.1. The molecular formula is C37H37N5O4. The first-order chi connectivity index (χ1) is 22.3. The van der Waals surface area contributed by atoms with Crippen molar-refractivity contribution in [1.29, 1.82) is 0 Å². The van der Waals surface area contributed by atoms with E-state index in [9.17, 15) is 4.79 Å². The van der Waals surface area contributed by atoms with Crippen LogP contribution in [0.4, 0.5) is 10.6 Å². The Labute approximate surface area is 268 Å². The first-order valence-corrected chi connectivity index (χ1v) is 15.3. The molecular weight excluding hydrogens is 578 g/mol. The van der Waals surface area contributed by atoms with E-state index in [2.05, 4.69) is 39.0 Å². The van der Waals surface area contributed by atoms with Crippen LogP contribution >= 0.6 is 0 Å². The summed E-state index contributed by atoms with van der Waals surface area (Å²) in [5.74, 6) is 1.34. The van der Waals surface area contributed by atoms with Crippen molar-refractivity contribution in [1.82, 2.24) is 20.5 Å². The van der Waals surface area contributed by atoms with Crippen LogP contribution in [0.1, 0.15) is 31.9 Å². The van der Waals surface area contributed by atoms with E-state index < -0.39 is 11.7 Å². The van der Waals surface area contributed by atoms with Crippen molar-refractivity contribution < 1.29 is 18.7 Å². The Kier molecular flexibility index (Phi) is 9.01. The third kappa shape index (κ3) is 7.74. The number of carbonyl (C=O) groups excluding carboxylic acids is 1. The Morgan fingerprint density at radius 2 is 1.70 bits per heavy atom. The number of H-pyrrole nitrogens is 1. The number of benzene rings is 3. The molecule has 0 bridgehead atoms. The number of hydrogen-bond donors (Lipinski definition) is 3. The number of carbonyl (C=O) groups is 1. The summed E-state index contributed by atoms with van der Waals surface area (Å²) in [6, 6.07) is 29.8. The summed E-state index contributed by atoms with van der Waals surface area (Å²) in [4.78, 5) is 17.5. The van der Waals surface area contributed by atoms with Gasteiger partial charge in [-0.05, 0) is 68.1 Å². The second-order valence-electron chi connectivity index (χ2n) is 12.1. The molecule has 0 radical (unpaired) electrons. The van der Waals surface area contributed by atoms with Gasteiger partial charge in [0.2, 0.25) is 0 Å². The maximum absolute atomic E-state index is 12.7. The van der Waals surface area contributed by atoms with Crippen molar-refractivity contribution >= 4 is 22.8 Å². The van der Waals surface area contributed by atoms with Crippen molar-refractivity contribution in [3.63, 3.8) is 0 Å². The number of nitrogens with one attached hydrogen (secondary N) is 3. The van der Waals surface area contributed by atoms with E-state index >= 15 is 0 Å². The molecule has 6 rings (SSSR count). The van der Waals surface area contributed by atoms with Gasteiger partial charge in [0, 0.05) is 23.1 Å². The van der Waals surface area contributed by atoms with Crippen LogP contribution in [0.3, 0.4) is 0 Å². The monoisotopic (exact) mass is 615 g/mol. The summed E-state index contributed by atoms with van der Waals surface area (Å²) in [6.07, 6.45) is 5.09. The first kappa shape index (κ1) is 30.5. The summed E-state index contributed by atoms with van der Waals surface area (Å²) >= 11 is 0. The van der Waals surface area contributed by atoms with E-state index in [1.807, 2.05) is 93.6 Å². The van der Waals surface area contributed by atoms with Crippen LogP contribution in [-0.4, -0.2) is 39.5 Å². The van der Waals surface area contributed by atoms with Gasteiger partial charge in [-0.3, -0.25) is 10.1 Å². The normalized spacial score (nSPS) is 12.1. The second kappa shape index (κ2) is 13.6. The number of alkyl carbamates (subject to hydrolysis) is 1. The van der Waals surface area contributed by atoms with Crippen molar-refractivity contribution in [2.24, 2.45) is 0 Å². The van der Waals surface area contributed by atoms with E-state index in [1.54, 1.807) is 18.7 Å². The van der Waals surface area contributed by atoms with E-state index in [-0.39, 0.29) is 12.6 Å². The second-order valence-corrected chi connectivity index (χ2v) is 12.1. The van der Waals surface area contributed by atoms with Crippen LogP contribution < -0.4 is 15.4 Å². The smallest absolute Gasteiger partial charge is 0.408 e. The molecule has 0 aliphatic carbocycles. The van der Waals surface area contributed by atoms with Gasteiger partial charge in [0.05, 0.1) is 36.0 Å². The lowest BCUT2D eigenvalue weighted by Crippen LogP contribution is -2.43. The number of furan rings is 1. The average molecular weight is 616 g/mol. The summed E-state index contributed by atoms with van der Waals surface area (Å²) in [7, 11) is 0. The van der Waals surface area contributed by atoms with Crippen molar-refractivity contribution in [3.05, 3.63) is 121 Å². The molecule has 0 unspecified atom stereocenters. The molecule has 1 amide bonds. The van der Waals surface area contributed by atoms with Gasteiger partial charge >= 0.3 is 6.09 Å². The van der Waals surface area contributed by atoms with Gasteiger partial charge in [-0.25, -0.2) is 4.79 Å². The molecule has 234 valence electrons. The number of aromatic nitrogens is 3. The minimum absolute atomic E-state index is 0.217. The van der Waals surface area contributed by atoms with Crippen LogP contribution in [0.2, 0.25) is 0 Å². The maximum Gasteiger partial charge on any atom is 0.408 e. The molecule has 0 fully saturated rings. The minimum Gasteiger partial charge on any atom is -0.490 e. The highest BCUT2D eigenvalue weighted by atomic mass is 16.6. The Balaban J connectivity index is 1.27. The molecule has 3 aromatic carbocycles. The molecule has 46 heavy (non-hydrogen) atoms. The number of nitrogens with zero attached hydrogens (tertiary/aromatic N) is 2. The van der Waals surface area contributed by atoms with E-state index in [1.165, 1.54) is 0 Å². The fourth-order valence-electron chi connectivity index (χ4n) is 5.19. The molecule has 0 spiro atoms. The lowest BCUT2D eigenvalue weighted by Gasteiger charge is -2.24. The van der Waals surface area contributed by atoms with Gasteiger partial charge in [-0.1, -0.05) is 66.7 Å². The molecule has 3 aromatic heterocycles. The largest absolute Gasteiger partial charge is 0.490 e. The zero-order valence-electron chi connectivity index (χ0n) is 26.1. The number of fused-ring (bicyclic) bond motifs is 1. The average Bonchev–Trinajstić information content (AvgIpc) is 3.73. The zero-order chi connectivity index (χ0) is 31.9. The Hall–Kier alpha value is -5.57. The fourth-order valence-corrected chi connectivity index (χ4v) is 5.19. The first-order valence-electron chi connectivity index (χ1n) is 15.3. The van der Waals surface area contributed by atoms with E-state index in [0.29, 0.717) is 18.7 Å². The number of anilines is 1. The van der Waals surface area contributed by atoms with Crippen molar-refractivity contribution in [2.45, 2.75) is 45.4 Å². The molecule has 0 saturated carbocycles. The highest BCUT2D eigenvalue weighted by Crippen LogP contribution is 2.36. The number of rotatable bonds is 11. The summed E-state index contributed by atoms with van der Waals surface area (Å²) in [6.45, 7) is 6.39. The number of pyridine rings is 1. The summed E-state index contributed by atoms with van der Waals surface area (Å²) in [5.41, 5.74) is 5.97. The molecule has 3 heterocycles.